The molecule has 0 aliphatic heterocycles. The van der Waals surface area contributed by atoms with Gasteiger partial charge in [0, 0.05) is 17.6 Å². The summed E-state index contributed by atoms with van der Waals surface area (Å²) in [5.41, 5.74) is 1.28. The third-order valence-electron chi connectivity index (χ3n) is 3.15. The number of halogens is 1. The SMILES string of the molecule is C=CCOc1ccc2ccccc2c1CNC(C)(C)C.[Cl-]. The van der Waals surface area contributed by atoms with E-state index in [2.05, 4.69) is 63.0 Å². The van der Waals surface area contributed by atoms with Gasteiger partial charge >= 0.3 is 0 Å². The topological polar surface area (TPSA) is 21.3 Å². The van der Waals surface area contributed by atoms with Crippen LogP contribution in [0.1, 0.15) is 26.3 Å². The lowest BCUT2D eigenvalue weighted by molar-refractivity contribution is -0.00000520. The Kier molecular flexibility index (Phi) is 6.25. The highest BCUT2D eigenvalue weighted by Gasteiger charge is 2.13. The second-order valence-corrected chi connectivity index (χ2v) is 5.97. The van der Waals surface area contributed by atoms with Crippen LogP contribution in [0.25, 0.3) is 10.8 Å². The summed E-state index contributed by atoms with van der Waals surface area (Å²) in [6.07, 6.45) is 1.77. The summed E-state index contributed by atoms with van der Waals surface area (Å²) < 4.78 is 5.80. The summed E-state index contributed by atoms with van der Waals surface area (Å²) in [6.45, 7) is 11.5. The molecule has 1 N–H and O–H groups in total. The van der Waals surface area contributed by atoms with Crippen molar-refractivity contribution in [1.29, 1.82) is 0 Å². The summed E-state index contributed by atoms with van der Waals surface area (Å²) >= 11 is 0. The lowest BCUT2D eigenvalue weighted by atomic mass is 10.0. The smallest absolute Gasteiger partial charge is 0.124 e. The highest BCUT2D eigenvalue weighted by molar-refractivity contribution is 5.87. The Balaban J connectivity index is 0.00000220. The molecule has 0 heterocycles. The summed E-state index contributed by atoms with van der Waals surface area (Å²) in [6, 6.07) is 12.6. The fourth-order valence-corrected chi connectivity index (χ4v) is 2.14. The van der Waals surface area contributed by atoms with Gasteiger partial charge in [-0.05, 0) is 37.6 Å². The maximum absolute atomic E-state index is 5.80. The van der Waals surface area contributed by atoms with Gasteiger partial charge < -0.3 is 22.5 Å². The monoisotopic (exact) mass is 304 g/mol. The van der Waals surface area contributed by atoms with Crippen molar-refractivity contribution in [3.05, 3.63) is 54.6 Å². The predicted molar refractivity (Wildman–Crippen MR) is 86.2 cm³/mol. The van der Waals surface area contributed by atoms with E-state index in [9.17, 15) is 0 Å². The van der Waals surface area contributed by atoms with Gasteiger partial charge in [-0.2, -0.15) is 0 Å². The van der Waals surface area contributed by atoms with Crippen LogP contribution in [0.2, 0.25) is 0 Å². The highest BCUT2D eigenvalue weighted by Crippen LogP contribution is 2.28. The molecule has 0 saturated heterocycles. The van der Waals surface area contributed by atoms with Crippen LogP contribution >= 0.6 is 0 Å². The summed E-state index contributed by atoms with van der Waals surface area (Å²) in [5, 5.41) is 6.02. The first-order valence-electron chi connectivity index (χ1n) is 7.00. The molecule has 21 heavy (non-hydrogen) atoms. The Bertz CT molecular complexity index is 602. The van der Waals surface area contributed by atoms with E-state index in [0.717, 1.165) is 12.3 Å². The molecule has 2 nitrogen and oxygen atoms in total. The summed E-state index contributed by atoms with van der Waals surface area (Å²) in [5.74, 6) is 0.931. The molecule has 0 saturated carbocycles. The van der Waals surface area contributed by atoms with Gasteiger partial charge in [0.1, 0.15) is 12.4 Å². The number of benzene rings is 2. The molecule has 0 aromatic heterocycles. The van der Waals surface area contributed by atoms with Crippen molar-refractivity contribution < 1.29 is 17.1 Å². The first kappa shape index (κ1) is 17.5. The molecule has 114 valence electrons. The van der Waals surface area contributed by atoms with E-state index < -0.39 is 0 Å². The van der Waals surface area contributed by atoms with Crippen LogP contribution in [0.15, 0.2) is 49.1 Å². The number of ether oxygens (including phenoxy) is 1. The van der Waals surface area contributed by atoms with Crippen LogP contribution < -0.4 is 22.5 Å². The fourth-order valence-electron chi connectivity index (χ4n) is 2.14. The molecular weight excluding hydrogens is 282 g/mol. The van der Waals surface area contributed by atoms with Crippen LogP contribution in [0.5, 0.6) is 5.75 Å². The Morgan fingerprint density at radius 2 is 1.86 bits per heavy atom. The molecule has 0 radical (unpaired) electrons. The van der Waals surface area contributed by atoms with E-state index >= 15 is 0 Å². The van der Waals surface area contributed by atoms with Crippen molar-refractivity contribution in [1.82, 2.24) is 5.32 Å². The molecule has 0 aliphatic carbocycles. The molecule has 2 aromatic carbocycles. The zero-order chi connectivity index (χ0) is 14.6. The van der Waals surface area contributed by atoms with Gasteiger partial charge in [-0.3, -0.25) is 0 Å². The van der Waals surface area contributed by atoms with Crippen molar-refractivity contribution >= 4 is 10.8 Å². The Labute approximate surface area is 133 Å². The number of nitrogens with one attached hydrogen (secondary N) is 1. The molecule has 0 bridgehead atoms. The minimum absolute atomic E-state index is 0. The van der Waals surface area contributed by atoms with Gasteiger partial charge in [-0.25, -0.2) is 0 Å². The second kappa shape index (κ2) is 7.48. The summed E-state index contributed by atoms with van der Waals surface area (Å²) in [7, 11) is 0. The predicted octanol–water partition coefficient (Wildman–Crippen LogP) is 1.30. The number of hydrogen-bond acceptors (Lipinski definition) is 2. The van der Waals surface area contributed by atoms with Crippen molar-refractivity contribution in [3.8, 4) is 5.75 Å². The van der Waals surface area contributed by atoms with E-state index in [1.807, 2.05) is 6.07 Å². The van der Waals surface area contributed by atoms with Gasteiger partial charge in [0.2, 0.25) is 0 Å². The molecular formula is C18H23ClNO-. The maximum atomic E-state index is 5.80. The van der Waals surface area contributed by atoms with Gasteiger partial charge in [0.25, 0.3) is 0 Å². The lowest BCUT2D eigenvalue weighted by Gasteiger charge is -2.22. The third-order valence-corrected chi connectivity index (χ3v) is 3.15. The van der Waals surface area contributed by atoms with Gasteiger partial charge in [-0.1, -0.05) is 43.0 Å². The zero-order valence-corrected chi connectivity index (χ0v) is 13.7. The first-order valence-corrected chi connectivity index (χ1v) is 7.00. The minimum Gasteiger partial charge on any atom is -1.00 e. The number of rotatable bonds is 5. The van der Waals surface area contributed by atoms with Crippen LogP contribution in [0.4, 0.5) is 0 Å². The van der Waals surface area contributed by atoms with E-state index in [4.69, 9.17) is 4.74 Å². The molecule has 0 unspecified atom stereocenters. The number of hydrogen-bond donors (Lipinski definition) is 1. The molecule has 0 aliphatic rings. The number of fused-ring (bicyclic) bond motifs is 1. The fraction of sp³-hybridized carbons (Fsp3) is 0.333. The maximum Gasteiger partial charge on any atom is 0.124 e. The normalized spacial score (nSPS) is 11.0. The van der Waals surface area contributed by atoms with Gasteiger partial charge in [0.15, 0.2) is 0 Å². The van der Waals surface area contributed by atoms with Crippen LogP contribution in [-0.4, -0.2) is 12.1 Å². The second-order valence-electron chi connectivity index (χ2n) is 5.97. The van der Waals surface area contributed by atoms with E-state index in [1.54, 1.807) is 6.08 Å². The molecule has 0 amide bonds. The lowest BCUT2D eigenvalue weighted by Crippen LogP contribution is -3.00. The average molecular weight is 305 g/mol. The largest absolute Gasteiger partial charge is 1.00 e. The standard InChI is InChI=1S/C18H23NO.ClH/c1-5-12-20-17-11-10-14-8-6-7-9-15(14)16(17)13-19-18(2,3)4;/h5-11,19H,1,12-13H2,2-4H3;1H/p-1. The van der Waals surface area contributed by atoms with E-state index in [1.165, 1.54) is 16.3 Å². The van der Waals surface area contributed by atoms with Crippen molar-refractivity contribution in [3.63, 3.8) is 0 Å². The Morgan fingerprint density at radius 1 is 1.14 bits per heavy atom. The van der Waals surface area contributed by atoms with Crippen molar-refractivity contribution in [2.24, 2.45) is 0 Å². The Hall–Kier alpha value is -1.51. The zero-order valence-electron chi connectivity index (χ0n) is 12.9. The van der Waals surface area contributed by atoms with Crippen LogP contribution in [0.3, 0.4) is 0 Å². The van der Waals surface area contributed by atoms with Crippen LogP contribution in [-0.2, 0) is 6.54 Å². The molecule has 2 rings (SSSR count). The third kappa shape index (κ3) is 4.76. The minimum atomic E-state index is 0. The molecule has 2 aromatic rings. The van der Waals surface area contributed by atoms with Crippen LogP contribution in [0, 0.1) is 0 Å². The van der Waals surface area contributed by atoms with E-state index in [-0.39, 0.29) is 17.9 Å². The molecule has 0 fully saturated rings. The van der Waals surface area contributed by atoms with Crippen molar-refractivity contribution in [2.75, 3.05) is 6.61 Å². The molecule has 0 spiro atoms. The first-order chi connectivity index (χ1) is 9.51. The molecule has 3 heteroatoms. The van der Waals surface area contributed by atoms with Crippen molar-refractivity contribution in [2.45, 2.75) is 32.9 Å². The quantitative estimate of drug-likeness (QED) is 0.841. The van der Waals surface area contributed by atoms with Gasteiger partial charge in [-0.15, -0.1) is 0 Å². The average Bonchev–Trinajstić information content (AvgIpc) is 2.42. The molecule has 0 atom stereocenters. The summed E-state index contributed by atoms with van der Waals surface area (Å²) in [4.78, 5) is 0. The van der Waals surface area contributed by atoms with E-state index in [0.29, 0.717) is 6.61 Å². The highest BCUT2D eigenvalue weighted by atomic mass is 35.5. The van der Waals surface area contributed by atoms with Gasteiger partial charge in [0.05, 0.1) is 0 Å². The Morgan fingerprint density at radius 3 is 2.52 bits per heavy atom.